The van der Waals surface area contributed by atoms with Gasteiger partial charge in [0.1, 0.15) is 0 Å². The fraction of sp³-hybridized carbons (Fsp3) is 0. The molecular formula is C46H30. The van der Waals surface area contributed by atoms with Crippen LogP contribution < -0.4 is 0 Å². The van der Waals surface area contributed by atoms with Crippen molar-refractivity contribution in [2.24, 2.45) is 0 Å². The number of hydrogen-bond donors (Lipinski definition) is 0. The van der Waals surface area contributed by atoms with E-state index < -0.39 is 0 Å². The average molecular weight is 583 g/mol. The van der Waals surface area contributed by atoms with Gasteiger partial charge < -0.3 is 0 Å². The van der Waals surface area contributed by atoms with E-state index in [4.69, 9.17) is 0 Å². The molecule has 0 saturated carbocycles. The summed E-state index contributed by atoms with van der Waals surface area (Å²) in [5.41, 5.74) is 10.1. The van der Waals surface area contributed by atoms with Gasteiger partial charge in [0.2, 0.25) is 0 Å². The first-order valence-corrected chi connectivity index (χ1v) is 15.9. The quantitative estimate of drug-likeness (QED) is 0.181. The van der Waals surface area contributed by atoms with E-state index in [0.29, 0.717) is 0 Å². The molecule has 0 aromatic heterocycles. The highest BCUT2D eigenvalue weighted by molar-refractivity contribution is 6.23. The predicted molar refractivity (Wildman–Crippen MR) is 198 cm³/mol. The Bertz CT molecular complexity index is 2490. The van der Waals surface area contributed by atoms with Crippen LogP contribution in [-0.2, 0) is 0 Å². The second-order valence-corrected chi connectivity index (χ2v) is 12.0. The van der Waals surface area contributed by atoms with Crippen molar-refractivity contribution in [2.45, 2.75) is 0 Å². The van der Waals surface area contributed by atoms with Crippen molar-refractivity contribution in [3.8, 4) is 44.5 Å². The van der Waals surface area contributed by atoms with Crippen molar-refractivity contribution in [2.75, 3.05) is 0 Å². The lowest BCUT2D eigenvalue weighted by Gasteiger charge is -2.19. The average Bonchev–Trinajstić information content (AvgIpc) is 3.13. The normalized spacial score (nSPS) is 11.5. The SMILES string of the molecule is c1ccc(-c2c(-c3ccc(-c4c5ccccc5c(-c5cccc6ccccc56)c5ccccc45)cc3)ccc3ccccc23)cc1. The molecule has 9 aromatic rings. The van der Waals surface area contributed by atoms with Gasteiger partial charge in [-0.15, -0.1) is 0 Å². The molecule has 0 nitrogen and oxygen atoms in total. The third kappa shape index (κ3) is 4.23. The summed E-state index contributed by atoms with van der Waals surface area (Å²) in [5, 5.41) is 10.2. The predicted octanol–water partition coefficient (Wildman–Crippen LogP) is 13.0. The van der Waals surface area contributed by atoms with Gasteiger partial charge >= 0.3 is 0 Å². The highest BCUT2D eigenvalue weighted by Crippen LogP contribution is 2.46. The molecule has 0 spiro atoms. The molecule has 0 heterocycles. The summed E-state index contributed by atoms with van der Waals surface area (Å²) in [6.07, 6.45) is 0. The van der Waals surface area contributed by atoms with Crippen molar-refractivity contribution in [1.29, 1.82) is 0 Å². The zero-order chi connectivity index (χ0) is 30.5. The second-order valence-electron chi connectivity index (χ2n) is 12.0. The lowest BCUT2D eigenvalue weighted by Crippen LogP contribution is -1.92. The monoisotopic (exact) mass is 582 g/mol. The van der Waals surface area contributed by atoms with E-state index in [9.17, 15) is 0 Å². The largest absolute Gasteiger partial charge is 0.0622 e. The second kappa shape index (κ2) is 10.9. The van der Waals surface area contributed by atoms with E-state index in [1.807, 2.05) is 0 Å². The number of rotatable bonds is 4. The van der Waals surface area contributed by atoms with Gasteiger partial charge in [0.05, 0.1) is 0 Å². The van der Waals surface area contributed by atoms with Gasteiger partial charge in [0, 0.05) is 0 Å². The van der Waals surface area contributed by atoms with E-state index >= 15 is 0 Å². The fourth-order valence-electron chi connectivity index (χ4n) is 7.42. The summed E-state index contributed by atoms with van der Waals surface area (Å²) in [4.78, 5) is 0. The zero-order valence-corrected chi connectivity index (χ0v) is 25.3. The Kier molecular flexibility index (Phi) is 6.25. The lowest BCUT2D eigenvalue weighted by molar-refractivity contribution is 1.60. The number of hydrogen-bond acceptors (Lipinski definition) is 0. The Balaban J connectivity index is 1.27. The van der Waals surface area contributed by atoms with E-state index in [2.05, 4.69) is 182 Å². The smallest absolute Gasteiger partial charge is 0.00201 e. The summed E-state index contributed by atoms with van der Waals surface area (Å²) in [6, 6.07) is 66.4. The summed E-state index contributed by atoms with van der Waals surface area (Å²) >= 11 is 0. The van der Waals surface area contributed by atoms with Crippen LogP contribution in [0.3, 0.4) is 0 Å². The van der Waals surface area contributed by atoms with Gasteiger partial charge in [-0.05, 0) is 87.6 Å². The molecule has 0 aliphatic carbocycles. The highest BCUT2D eigenvalue weighted by Gasteiger charge is 2.18. The third-order valence-corrected chi connectivity index (χ3v) is 9.47. The first kappa shape index (κ1) is 26.4. The minimum atomic E-state index is 1.22. The standard InChI is InChI=1S/C46H30/c1-2-15-34(16-3-1)44-37-19-7-5-14-32(37)29-30-38(44)33-25-27-35(28-26-33)45-40-20-8-10-22-42(40)46(43-23-11-9-21-41(43)45)39-24-12-17-31-13-4-6-18-36(31)39/h1-30H. The Morgan fingerprint density at radius 3 is 1.30 bits per heavy atom. The maximum Gasteiger partial charge on any atom is -0.00201 e. The maximum absolute atomic E-state index is 2.31. The molecule has 0 aliphatic rings. The first-order chi connectivity index (χ1) is 22.8. The Labute approximate surface area is 268 Å². The van der Waals surface area contributed by atoms with Crippen LogP contribution in [0.5, 0.6) is 0 Å². The minimum absolute atomic E-state index is 1.22. The molecule has 0 N–H and O–H groups in total. The van der Waals surface area contributed by atoms with Crippen LogP contribution in [0.25, 0.3) is 87.6 Å². The van der Waals surface area contributed by atoms with Crippen molar-refractivity contribution in [3.05, 3.63) is 182 Å². The summed E-state index contributed by atoms with van der Waals surface area (Å²) in [5.74, 6) is 0. The number of fused-ring (bicyclic) bond motifs is 4. The van der Waals surface area contributed by atoms with Crippen LogP contribution in [0.1, 0.15) is 0 Å². The molecule has 0 fully saturated rings. The third-order valence-electron chi connectivity index (χ3n) is 9.47. The van der Waals surface area contributed by atoms with Gasteiger partial charge in [0.25, 0.3) is 0 Å². The van der Waals surface area contributed by atoms with Gasteiger partial charge in [-0.25, -0.2) is 0 Å². The molecule has 9 aromatic carbocycles. The van der Waals surface area contributed by atoms with Crippen LogP contribution in [0, 0.1) is 0 Å². The molecule has 0 heteroatoms. The zero-order valence-electron chi connectivity index (χ0n) is 25.3. The van der Waals surface area contributed by atoms with Crippen LogP contribution in [-0.4, -0.2) is 0 Å². The topological polar surface area (TPSA) is 0 Å². The van der Waals surface area contributed by atoms with Crippen LogP contribution in [0.15, 0.2) is 182 Å². The molecule has 0 amide bonds. The summed E-state index contributed by atoms with van der Waals surface area (Å²) in [6.45, 7) is 0. The van der Waals surface area contributed by atoms with Crippen molar-refractivity contribution in [3.63, 3.8) is 0 Å². The van der Waals surface area contributed by atoms with Crippen LogP contribution >= 0.6 is 0 Å². The van der Waals surface area contributed by atoms with E-state index in [-0.39, 0.29) is 0 Å². The summed E-state index contributed by atoms with van der Waals surface area (Å²) < 4.78 is 0. The minimum Gasteiger partial charge on any atom is -0.0622 e. The van der Waals surface area contributed by atoms with Gasteiger partial charge in [-0.3, -0.25) is 0 Å². The highest BCUT2D eigenvalue weighted by atomic mass is 14.2. The van der Waals surface area contributed by atoms with Gasteiger partial charge in [0.15, 0.2) is 0 Å². The molecular weight excluding hydrogens is 553 g/mol. The molecule has 46 heavy (non-hydrogen) atoms. The van der Waals surface area contributed by atoms with Crippen molar-refractivity contribution < 1.29 is 0 Å². The molecule has 0 aliphatic heterocycles. The lowest BCUT2D eigenvalue weighted by atomic mass is 9.84. The van der Waals surface area contributed by atoms with Crippen LogP contribution in [0.4, 0.5) is 0 Å². The maximum atomic E-state index is 2.31. The fourth-order valence-corrected chi connectivity index (χ4v) is 7.42. The van der Waals surface area contributed by atoms with Crippen molar-refractivity contribution in [1.82, 2.24) is 0 Å². The van der Waals surface area contributed by atoms with Gasteiger partial charge in [-0.1, -0.05) is 182 Å². The Hall–Kier alpha value is -5.98. The van der Waals surface area contributed by atoms with E-state index in [0.717, 1.165) is 0 Å². The van der Waals surface area contributed by atoms with E-state index in [1.165, 1.54) is 87.6 Å². The Morgan fingerprint density at radius 1 is 0.196 bits per heavy atom. The molecule has 0 saturated heterocycles. The molecule has 214 valence electrons. The summed E-state index contributed by atoms with van der Waals surface area (Å²) in [7, 11) is 0. The van der Waals surface area contributed by atoms with Gasteiger partial charge in [-0.2, -0.15) is 0 Å². The Morgan fingerprint density at radius 2 is 0.652 bits per heavy atom. The van der Waals surface area contributed by atoms with E-state index in [1.54, 1.807) is 0 Å². The number of benzene rings is 9. The first-order valence-electron chi connectivity index (χ1n) is 15.9. The molecule has 0 radical (unpaired) electrons. The molecule has 0 bridgehead atoms. The van der Waals surface area contributed by atoms with Crippen LogP contribution in [0.2, 0.25) is 0 Å². The molecule has 9 rings (SSSR count). The molecule has 0 atom stereocenters. The molecule has 0 unspecified atom stereocenters. The van der Waals surface area contributed by atoms with Crippen molar-refractivity contribution >= 4 is 43.1 Å².